The maximum absolute atomic E-state index is 12.1. The zero-order chi connectivity index (χ0) is 12.4. The largest absolute Gasteiger partial charge is 0.221 e. The van der Waals surface area contributed by atoms with E-state index >= 15 is 0 Å². The molecular weight excluding hydrogens is 224 g/mol. The minimum absolute atomic E-state index is 0.341. The van der Waals surface area contributed by atoms with E-state index < -0.39 is 14.8 Å². The van der Waals surface area contributed by atoms with Crippen molar-refractivity contribution in [3.8, 4) is 6.07 Å². The highest BCUT2D eigenvalue weighted by Gasteiger charge is 2.44. The van der Waals surface area contributed by atoms with E-state index in [2.05, 4.69) is 4.72 Å². The fraction of sp³-hybridized carbons (Fsp3) is 0.545. The van der Waals surface area contributed by atoms with Gasteiger partial charge in [0.15, 0.2) is 0 Å². The topological polar surface area (TPSA) is 70.0 Å². The van der Waals surface area contributed by atoms with Crippen molar-refractivity contribution in [1.29, 1.82) is 5.26 Å². The van der Waals surface area contributed by atoms with Crippen LogP contribution in [0.15, 0.2) is 23.8 Å². The van der Waals surface area contributed by atoms with E-state index in [4.69, 9.17) is 5.26 Å². The fourth-order valence-corrected chi connectivity index (χ4v) is 3.28. The lowest BCUT2D eigenvalue weighted by atomic mass is 9.84. The van der Waals surface area contributed by atoms with E-state index in [1.165, 1.54) is 0 Å². The van der Waals surface area contributed by atoms with Gasteiger partial charge in [0.2, 0.25) is 10.0 Å². The summed E-state index contributed by atoms with van der Waals surface area (Å²) in [6, 6.07) is 2.04. The van der Waals surface area contributed by atoms with E-state index in [9.17, 15) is 8.42 Å². The second-order valence-corrected chi connectivity index (χ2v) is 6.17. The van der Waals surface area contributed by atoms with Crippen molar-refractivity contribution < 1.29 is 8.42 Å². The smallest absolute Gasteiger partial charge is 0.215 e. The van der Waals surface area contributed by atoms with Crippen LogP contribution in [0.4, 0.5) is 0 Å². The molecule has 1 N–H and O–H groups in total. The van der Waals surface area contributed by atoms with Gasteiger partial charge in [0.25, 0.3) is 0 Å². The second-order valence-electron chi connectivity index (χ2n) is 4.00. The molecule has 0 saturated carbocycles. The molecular formula is C11H16N2O2S. The lowest BCUT2D eigenvalue weighted by molar-refractivity contribution is 0.496. The Morgan fingerprint density at radius 2 is 2.25 bits per heavy atom. The van der Waals surface area contributed by atoms with Crippen molar-refractivity contribution in [3.63, 3.8) is 0 Å². The van der Waals surface area contributed by atoms with E-state index in [-0.39, 0.29) is 5.92 Å². The Morgan fingerprint density at radius 3 is 2.75 bits per heavy atom. The van der Waals surface area contributed by atoms with Crippen LogP contribution in [0.25, 0.3) is 0 Å². The molecule has 0 fully saturated rings. The SMILES string of the molecule is CCNS(=O)(=O)C1(C)C=CC=C(C#N)C1C. The lowest BCUT2D eigenvalue weighted by Crippen LogP contribution is -2.48. The summed E-state index contributed by atoms with van der Waals surface area (Å²) in [5, 5.41) is 8.92. The molecule has 0 spiro atoms. The quantitative estimate of drug-likeness (QED) is 0.809. The molecule has 0 aliphatic heterocycles. The average molecular weight is 240 g/mol. The van der Waals surface area contributed by atoms with Crippen LogP contribution in [0.3, 0.4) is 0 Å². The number of hydrogen-bond acceptors (Lipinski definition) is 3. The van der Waals surface area contributed by atoms with Crippen molar-refractivity contribution in [2.75, 3.05) is 6.54 Å². The van der Waals surface area contributed by atoms with Crippen LogP contribution in [0.2, 0.25) is 0 Å². The van der Waals surface area contributed by atoms with Crippen LogP contribution in [-0.4, -0.2) is 19.7 Å². The molecule has 88 valence electrons. The van der Waals surface area contributed by atoms with Gasteiger partial charge >= 0.3 is 0 Å². The van der Waals surface area contributed by atoms with Crippen LogP contribution in [0, 0.1) is 17.2 Å². The summed E-state index contributed by atoms with van der Waals surface area (Å²) in [5.41, 5.74) is 0.492. The Labute approximate surface area is 96.7 Å². The van der Waals surface area contributed by atoms with Crippen molar-refractivity contribution in [2.45, 2.75) is 25.5 Å². The Bertz CT molecular complexity index is 471. The minimum atomic E-state index is -3.45. The minimum Gasteiger partial charge on any atom is -0.215 e. The highest BCUT2D eigenvalue weighted by atomic mass is 32.2. The molecule has 0 aromatic carbocycles. The van der Waals surface area contributed by atoms with Crippen LogP contribution < -0.4 is 4.72 Å². The van der Waals surface area contributed by atoms with Gasteiger partial charge in [-0.3, -0.25) is 0 Å². The molecule has 5 heteroatoms. The Kier molecular flexibility index (Phi) is 3.56. The van der Waals surface area contributed by atoms with Gasteiger partial charge in [0.1, 0.15) is 4.75 Å². The third-order valence-electron chi connectivity index (χ3n) is 3.07. The number of hydrogen-bond donors (Lipinski definition) is 1. The van der Waals surface area contributed by atoms with E-state index in [1.807, 2.05) is 6.07 Å². The second kappa shape index (κ2) is 4.40. The number of sulfonamides is 1. The number of rotatable bonds is 3. The standard InChI is InChI=1S/C11H16N2O2S/c1-4-13-16(14,15)11(3)7-5-6-10(8-12)9(11)2/h5-7,9,13H,4H2,1-3H3. The normalized spacial score (nSPS) is 29.6. The molecule has 0 aromatic heterocycles. The number of nitrogens with zero attached hydrogens (tertiary/aromatic N) is 1. The molecule has 1 aliphatic rings. The van der Waals surface area contributed by atoms with Gasteiger partial charge in [-0.25, -0.2) is 13.1 Å². The summed E-state index contributed by atoms with van der Waals surface area (Å²) in [7, 11) is -3.45. The highest BCUT2D eigenvalue weighted by molar-refractivity contribution is 7.91. The molecule has 2 atom stereocenters. The first-order valence-electron chi connectivity index (χ1n) is 5.17. The summed E-state index contributed by atoms with van der Waals surface area (Å²) in [6.07, 6.45) is 4.93. The molecule has 0 radical (unpaired) electrons. The van der Waals surface area contributed by atoms with Crippen molar-refractivity contribution in [1.82, 2.24) is 4.72 Å². The summed E-state index contributed by atoms with van der Waals surface area (Å²) in [6.45, 7) is 5.48. The fourth-order valence-electron chi connectivity index (χ4n) is 1.74. The molecule has 2 unspecified atom stereocenters. The molecule has 16 heavy (non-hydrogen) atoms. The van der Waals surface area contributed by atoms with Crippen LogP contribution in [0.5, 0.6) is 0 Å². The molecule has 0 heterocycles. The molecule has 0 saturated heterocycles. The van der Waals surface area contributed by atoms with Gasteiger partial charge in [-0.2, -0.15) is 5.26 Å². The number of nitrogens with one attached hydrogen (secondary N) is 1. The summed E-state index contributed by atoms with van der Waals surface area (Å²) >= 11 is 0. The first-order valence-corrected chi connectivity index (χ1v) is 6.66. The Morgan fingerprint density at radius 1 is 1.62 bits per heavy atom. The molecule has 0 amide bonds. The van der Waals surface area contributed by atoms with Crippen molar-refractivity contribution >= 4 is 10.0 Å². The van der Waals surface area contributed by atoms with Crippen LogP contribution in [-0.2, 0) is 10.0 Å². The molecule has 0 aromatic rings. The third-order valence-corrected chi connectivity index (χ3v) is 5.39. The van der Waals surface area contributed by atoms with Crippen LogP contribution >= 0.6 is 0 Å². The average Bonchev–Trinajstić information content (AvgIpc) is 2.22. The third kappa shape index (κ3) is 1.91. The maximum Gasteiger partial charge on any atom is 0.221 e. The van der Waals surface area contributed by atoms with Gasteiger partial charge in [-0.1, -0.05) is 26.0 Å². The van der Waals surface area contributed by atoms with Crippen molar-refractivity contribution in [3.05, 3.63) is 23.8 Å². The Balaban J connectivity index is 3.20. The zero-order valence-electron chi connectivity index (χ0n) is 9.69. The molecule has 1 rings (SSSR count). The maximum atomic E-state index is 12.1. The lowest BCUT2D eigenvalue weighted by Gasteiger charge is -2.33. The van der Waals surface area contributed by atoms with Gasteiger partial charge in [-0.05, 0) is 13.0 Å². The van der Waals surface area contributed by atoms with E-state index in [0.29, 0.717) is 12.1 Å². The number of allylic oxidation sites excluding steroid dienone is 3. The predicted molar refractivity (Wildman–Crippen MR) is 63.0 cm³/mol. The van der Waals surface area contributed by atoms with Crippen molar-refractivity contribution in [2.24, 2.45) is 5.92 Å². The first-order chi connectivity index (χ1) is 7.39. The van der Waals surface area contributed by atoms with E-state index in [0.717, 1.165) is 0 Å². The van der Waals surface area contributed by atoms with Crippen LogP contribution in [0.1, 0.15) is 20.8 Å². The highest BCUT2D eigenvalue weighted by Crippen LogP contribution is 2.35. The summed E-state index contributed by atoms with van der Waals surface area (Å²) in [4.78, 5) is 0. The predicted octanol–water partition coefficient (Wildman–Crippen LogP) is 1.34. The van der Waals surface area contributed by atoms with Gasteiger partial charge in [0, 0.05) is 18.0 Å². The molecule has 1 aliphatic carbocycles. The summed E-state index contributed by atoms with van der Waals surface area (Å²) in [5.74, 6) is -0.341. The van der Waals surface area contributed by atoms with Gasteiger partial charge < -0.3 is 0 Å². The molecule has 0 bridgehead atoms. The van der Waals surface area contributed by atoms with Gasteiger partial charge in [0.05, 0.1) is 6.07 Å². The Hall–Kier alpha value is -1.12. The zero-order valence-corrected chi connectivity index (χ0v) is 10.5. The van der Waals surface area contributed by atoms with Gasteiger partial charge in [-0.15, -0.1) is 0 Å². The monoisotopic (exact) mass is 240 g/mol. The summed E-state index contributed by atoms with van der Waals surface area (Å²) < 4.78 is 25.6. The number of nitriles is 1. The molecule has 4 nitrogen and oxygen atoms in total. The first kappa shape index (κ1) is 12.9. The van der Waals surface area contributed by atoms with E-state index in [1.54, 1.807) is 39.0 Å².